The minimum Gasteiger partial charge on any atom is -0.355 e. The lowest BCUT2D eigenvalue weighted by Gasteiger charge is -2.10. The van der Waals surface area contributed by atoms with Crippen molar-refractivity contribution >= 4 is 35.4 Å². The molecule has 0 aliphatic carbocycles. The third kappa shape index (κ3) is 3.72. The molecular weight excluding hydrogens is 427 g/mol. The zero-order valence-corrected chi connectivity index (χ0v) is 17.6. The molecule has 1 aliphatic rings. The number of aromatic nitrogens is 5. The molecule has 1 saturated heterocycles. The van der Waals surface area contributed by atoms with E-state index in [0.717, 1.165) is 10.9 Å². The number of carbonyl (C=O) groups excluding carboxylic acids is 2. The molecule has 3 aromatic rings. The summed E-state index contributed by atoms with van der Waals surface area (Å²) in [6.45, 7) is 1.85. The van der Waals surface area contributed by atoms with Gasteiger partial charge in [0.2, 0.25) is 5.91 Å². The Morgan fingerprint density at radius 1 is 1.25 bits per heavy atom. The number of amides is 2. The third-order valence-corrected chi connectivity index (χ3v) is 5.22. The normalized spacial score (nSPS) is 14.8. The number of hydrogen-bond donors (Lipinski definition) is 1. The molecule has 9 nitrogen and oxygen atoms in total. The van der Waals surface area contributed by atoms with Gasteiger partial charge in [0, 0.05) is 33.3 Å². The molecule has 1 fully saturated rings. The topological polar surface area (TPSA) is 97.4 Å². The van der Waals surface area contributed by atoms with Crippen LogP contribution in [0.25, 0.3) is 17.8 Å². The molecule has 1 N–H and O–H groups in total. The van der Waals surface area contributed by atoms with Crippen molar-refractivity contribution < 1.29 is 22.8 Å². The minimum atomic E-state index is -4.68. The van der Waals surface area contributed by atoms with Crippen molar-refractivity contribution in [3.63, 3.8) is 0 Å². The Kier molecular flexibility index (Phi) is 5.23. The van der Waals surface area contributed by atoms with E-state index in [1.165, 1.54) is 26.1 Å². The molecule has 4 rings (SSSR count). The maximum absolute atomic E-state index is 13.3. The number of halogens is 3. The van der Waals surface area contributed by atoms with E-state index >= 15 is 0 Å². The summed E-state index contributed by atoms with van der Waals surface area (Å²) in [5, 5.41) is 6.62. The highest BCUT2D eigenvalue weighted by molar-refractivity contribution is 6.00. The number of nitrogens with zero attached hydrogens (tertiary/aromatic N) is 6. The summed E-state index contributed by atoms with van der Waals surface area (Å²) in [5.74, 6) is 0.473. The van der Waals surface area contributed by atoms with Crippen LogP contribution in [0.5, 0.6) is 0 Å². The van der Waals surface area contributed by atoms with Crippen molar-refractivity contribution in [2.24, 2.45) is 7.05 Å². The zero-order chi connectivity index (χ0) is 23.2. The third-order valence-electron chi connectivity index (χ3n) is 5.22. The van der Waals surface area contributed by atoms with Crippen LogP contribution in [0.3, 0.4) is 0 Å². The number of nitrogens with one attached hydrogen (secondary N) is 1. The first-order chi connectivity index (χ1) is 15.1. The van der Waals surface area contributed by atoms with Gasteiger partial charge >= 0.3 is 6.18 Å². The summed E-state index contributed by atoms with van der Waals surface area (Å²) >= 11 is 0. The second-order valence-corrected chi connectivity index (χ2v) is 7.39. The van der Waals surface area contributed by atoms with Gasteiger partial charge in [-0.15, -0.1) is 0 Å². The standard InChI is InChI=1S/C20H20F3N7O2/c1-11-17(20(21,22)23)26-18-13(19(32)24-2)9-12(27-30(11)18)6-7-14-25-15(10-28(14)3)29-8-4-5-16(29)31/h6-7,9-10H,4-5,8H2,1-3H3,(H,24,32)/b7-6+. The second kappa shape index (κ2) is 7.77. The molecule has 0 saturated carbocycles. The van der Waals surface area contributed by atoms with Crippen molar-refractivity contribution in [3.8, 4) is 0 Å². The Balaban J connectivity index is 1.76. The number of fused-ring (bicyclic) bond motifs is 1. The van der Waals surface area contributed by atoms with E-state index in [1.54, 1.807) is 28.8 Å². The van der Waals surface area contributed by atoms with Gasteiger partial charge in [-0.2, -0.15) is 18.3 Å². The van der Waals surface area contributed by atoms with Gasteiger partial charge in [0.1, 0.15) is 5.82 Å². The Labute approximate surface area is 180 Å². The fourth-order valence-corrected chi connectivity index (χ4v) is 3.60. The van der Waals surface area contributed by atoms with Crippen LogP contribution in [0.1, 0.15) is 46.1 Å². The maximum Gasteiger partial charge on any atom is 0.435 e. The van der Waals surface area contributed by atoms with Gasteiger partial charge in [0.25, 0.3) is 5.91 Å². The van der Waals surface area contributed by atoms with Gasteiger partial charge in [-0.3, -0.25) is 14.5 Å². The van der Waals surface area contributed by atoms with E-state index in [-0.39, 0.29) is 28.5 Å². The fourth-order valence-electron chi connectivity index (χ4n) is 3.60. The molecule has 3 aromatic heterocycles. The molecule has 1 aliphatic heterocycles. The maximum atomic E-state index is 13.3. The summed E-state index contributed by atoms with van der Waals surface area (Å²) in [7, 11) is 3.14. The summed E-state index contributed by atoms with van der Waals surface area (Å²) in [6, 6.07) is 1.37. The molecule has 32 heavy (non-hydrogen) atoms. The van der Waals surface area contributed by atoms with E-state index in [4.69, 9.17) is 0 Å². The van der Waals surface area contributed by atoms with Crippen LogP contribution < -0.4 is 10.2 Å². The van der Waals surface area contributed by atoms with E-state index in [0.29, 0.717) is 24.6 Å². The molecule has 0 bridgehead atoms. The summed E-state index contributed by atoms with van der Waals surface area (Å²) in [4.78, 5) is 33.9. The van der Waals surface area contributed by atoms with Gasteiger partial charge in [0.05, 0.1) is 17.0 Å². The lowest BCUT2D eigenvalue weighted by Crippen LogP contribution is -2.23. The number of aryl methyl sites for hydroxylation is 2. The Morgan fingerprint density at radius 2 is 2.00 bits per heavy atom. The molecule has 0 spiro atoms. The fraction of sp³-hybridized carbons (Fsp3) is 0.350. The lowest BCUT2D eigenvalue weighted by molar-refractivity contribution is -0.141. The van der Waals surface area contributed by atoms with Crippen LogP contribution in [-0.4, -0.2) is 49.6 Å². The summed E-state index contributed by atoms with van der Waals surface area (Å²) in [6.07, 6.45) is 1.46. The quantitative estimate of drug-likeness (QED) is 0.663. The van der Waals surface area contributed by atoms with E-state index in [1.807, 2.05) is 0 Å². The largest absolute Gasteiger partial charge is 0.435 e. The average molecular weight is 447 g/mol. The molecule has 0 unspecified atom stereocenters. The summed E-state index contributed by atoms with van der Waals surface area (Å²) in [5.41, 5.74) is -1.30. The Bertz CT molecular complexity index is 1260. The van der Waals surface area contributed by atoms with Crippen molar-refractivity contribution in [1.82, 2.24) is 29.5 Å². The van der Waals surface area contributed by atoms with E-state index < -0.39 is 17.8 Å². The number of imidazole rings is 2. The lowest BCUT2D eigenvalue weighted by atomic mass is 10.2. The first kappa shape index (κ1) is 21.5. The van der Waals surface area contributed by atoms with E-state index in [2.05, 4.69) is 20.4 Å². The predicted octanol–water partition coefficient (Wildman–Crippen LogP) is 2.45. The Hall–Kier alpha value is -3.70. The molecule has 168 valence electrons. The number of carbonyl (C=O) groups is 2. The van der Waals surface area contributed by atoms with E-state index in [9.17, 15) is 22.8 Å². The number of anilines is 1. The second-order valence-electron chi connectivity index (χ2n) is 7.39. The Morgan fingerprint density at radius 3 is 2.62 bits per heavy atom. The number of hydrogen-bond acceptors (Lipinski definition) is 5. The molecule has 0 atom stereocenters. The highest BCUT2D eigenvalue weighted by atomic mass is 19.4. The van der Waals surface area contributed by atoms with Crippen LogP contribution in [0.2, 0.25) is 0 Å². The van der Waals surface area contributed by atoms with Gasteiger partial charge < -0.3 is 9.88 Å². The van der Waals surface area contributed by atoms with Gasteiger partial charge in [-0.25, -0.2) is 14.5 Å². The number of alkyl halides is 3. The SMILES string of the molecule is CNC(=O)c1cc(/C=C/c2nc(N3CCCC3=O)cn2C)nn2c(C)c(C(F)(F)F)nc12. The highest BCUT2D eigenvalue weighted by Crippen LogP contribution is 2.32. The average Bonchev–Trinajstić information content (AvgIpc) is 3.42. The monoisotopic (exact) mass is 447 g/mol. The van der Waals surface area contributed by atoms with Crippen LogP contribution in [-0.2, 0) is 18.0 Å². The van der Waals surface area contributed by atoms with Crippen molar-refractivity contribution in [2.45, 2.75) is 25.9 Å². The van der Waals surface area contributed by atoms with Crippen LogP contribution in [0.4, 0.5) is 19.0 Å². The van der Waals surface area contributed by atoms with Crippen molar-refractivity contribution in [3.05, 3.63) is 40.7 Å². The first-order valence-corrected chi connectivity index (χ1v) is 9.81. The first-order valence-electron chi connectivity index (χ1n) is 9.81. The molecule has 0 radical (unpaired) electrons. The summed E-state index contributed by atoms with van der Waals surface area (Å²) < 4.78 is 42.7. The zero-order valence-electron chi connectivity index (χ0n) is 17.6. The van der Waals surface area contributed by atoms with Crippen LogP contribution >= 0.6 is 0 Å². The molecule has 4 heterocycles. The van der Waals surface area contributed by atoms with Crippen LogP contribution in [0.15, 0.2) is 12.3 Å². The predicted molar refractivity (Wildman–Crippen MR) is 110 cm³/mol. The van der Waals surface area contributed by atoms with Crippen LogP contribution in [0, 0.1) is 6.92 Å². The smallest absolute Gasteiger partial charge is 0.355 e. The molecule has 12 heteroatoms. The number of rotatable bonds is 4. The van der Waals surface area contributed by atoms with Gasteiger partial charge in [0.15, 0.2) is 17.2 Å². The highest BCUT2D eigenvalue weighted by Gasteiger charge is 2.37. The van der Waals surface area contributed by atoms with Crippen molar-refractivity contribution in [1.29, 1.82) is 0 Å². The molecular formula is C20H20F3N7O2. The van der Waals surface area contributed by atoms with Gasteiger partial charge in [-0.05, 0) is 31.6 Å². The molecule has 2 amide bonds. The van der Waals surface area contributed by atoms with Crippen molar-refractivity contribution in [2.75, 3.05) is 18.5 Å². The minimum absolute atomic E-state index is 0.0111. The van der Waals surface area contributed by atoms with Gasteiger partial charge in [-0.1, -0.05) is 0 Å². The molecule has 0 aromatic carbocycles.